The highest BCUT2D eigenvalue weighted by Gasteiger charge is 2.21. The highest BCUT2D eigenvalue weighted by Crippen LogP contribution is 2.41. The van der Waals surface area contributed by atoms with E-state index in [2.05, 4.69) is 68.1 Å². The van der Waals surface area contributed by atoms with Crippen LogP contribution >= 0.6 is 45.2 Å². The van der Waals surface area contributed by atoms with Gasteiger partial charge in [-0.3, -0.25) is 0 Å². The lowest BCUT2D eigenvalue weighted by Crippen LogP contribution is -2.06. The zero-order valence-corrected chi connectivity index (χ0v) is 15.0. The van der Waals surface area contributed by atoms with E-state index >= 15 is 0 Å². The Kier molecular flexibility index (Phi) is 4.07. The van der Waals surface area contributed by atoms with Gasteiger partial charge in [-0.15, -0.1) is 0 Å². The molecule has 0 aliphatic heterocycles. The van der Waals surface area contributed by atoms with Gasteiger partial charge in [0.15, 0.2) is 3.83 Å². The number of hydrogen-bond donors (Lipinski definition) is 0. The molecule has 4 heteroatoms. The van der Waals surface area contributed by atoms with Crippen LogP contribution in [0, 0.1) is 3.83 Å². The van der Waals surface area contributed by atoms with Gasteiger partial charge >= 0.3 is 0 Å². The van der Waals surface area contributed by atoms with Gasteiger partial charge in [0.25, 0.3) is 0 Å². The first-order valence-corrected chi connectivity index (χ1v) is 8.57. The smallest absolute Gasteiger partial charge is 0.190 e. The predicted molar refractivity (Wildman–Crippen MR) is 94.9 cm³/mol. The molecule has 0 N–H and O–H groups in total. The molecule has 2 nitrogen and oxygen atoms in total. The van der Waals surface area contributed by atoms with Gasteiger partial charge in [0.1, 0.15) is 0 Å². The molecule has 0 spiro atoms. The van der Waals surface area contributed by atoms with E-state index in [1.54, 1.807) is 5.57 Å². The molecule has 98 valence electrons. The summed E-state index contributed by atoms with van der Waals surface area (Å²) in [6.07, 6.45) is 10.9. The van der Waals surface area contributed by atoms with E-state index in [0.29, 0.717) is 0 Å². The summed E-state index contributed by atoms with van der Waals surface area (Å²) in [7, 11) is 0. The molecule has 2 aliphatic rings. The highest BCUT2D eigenvalue weighted by molar-refractivity contribution is 14.1. The lowest BCUT2D eigenvalue weighted by atomic mass is 9.82. The summed E-state index contributed by atoms with van der Waals surface area (Å²) < 4.78 is 2.34. The molecule has 0 saturated carbocycles. The van der Waals surface area contributed by atoms with Crippen molar-refractivity contribution in [2.24, 2.45) is 0 Å². The van der Waals surface area contributed by atoms with Gasteiger partial charge in [0.05, 0.1) is 0 Å². The summed E-state index contributed by atoms with van der Waals surface area (Å²) in [5, 5.41) is 0. The summed E-state index contributed by atoms with van der Waals surface area (Å²) in [5.74, 6) is 0. The second-order valence-electron chi connectivity index (χ2n) is 4.94. The molecule has 0 fully saturated rings. The molecule has 0 bridgehead atoms. The van der Waals surface area contributed by atoms with Crippen LogP contribution in [0.25, 0.3) is 5.57 Å². The van der Waals surface area contributed by atoms with Crippen LogP contribution in [0.1, 0.15) is 38.2 Å². The molecule has 1 heterocycles. The maximum absolute atomic E-state index is 4.29. The van der Waals surface area contributed by atoms with Crippen LogP contribution in [0.5, 0.6) is 0 Å². The molecule has 2 aliphatic carbocycles. The molecular weight excluding hydrogens is 462 g/mol. The van der Waals surface area contributed by atoms with Crippen LogP contribution < -0.4 is 0 Å². The fraction of sp³-hybridized carbons (Fsp3) is 0.333. The molecule has 3 rings (SSSR count). The van der Waals surface area contributed by atoms with Crippen LogP contribution in [0.3, 0.4) is 0 Å². The Morgan fingerprint density at radius 1 is 1.00 bits per heavy atom. The predicted octanol–water partition coefficient (Wildman–Crippen LogP) is 5.06. The zero-order valence-electron chi connectivity index (χ0n) is 10.7. The largest absolute Gasteiger partial charge is 0.231 e. The molecule has 1 aromatic rings. The van der Waals surface area contributed by atoms with E-state index in [4.69, 9.17) is 0 Å². The van der Waals surface area contributed by atoms with Crippen molar-refractivity contribution in [3.8, 4) is 0 Å². The molecule has 0 atom stereocenters. The first kappa shape index (κ1) is 13.7. The van der Waals surface area contributed by atoms with E-state index in [1.807, 2.05) is 12.4 Å². The van der Waals surface area contributed by atoms with Crippen molar-refractivity contribution < 1.29 is 0 Å². The molecule has 1 aromatic heterocycles. The maximum atomic E-state index is 4.29. The van der Waals surface area contributed by atoms with E-state index in [9.17, 15) is 0 Å². The van der Waals surface area contributed by atoms with Crippen LogP contribution in [-0.2, 0) is 0 Å². The van der Waals surface area contributed by atoms with Crippen molar-refractivity contribution >= 4 is 50.8 Å². The number of aromatic nitrogens is 2. The summed E-state index contributed by atoms with van der Waals surface area (Å²) in [6.45, 7) is 2.27. The highest BCUT2D eigenvalue weighted by atomic mass is 127. The Balaban J connectivity index is 1.97. The summed E-state index contributed by atoms with van der Waals surface area (Å²) in [4.78, 5) is 8.59. The third kappa shape index (κ3) is 2.79. The third-order valence-electron chi connectivity index (χ3n) is 3.84. The standard InChI is InChI=1S/C15H14I2N2/c1-9-13-4-2-10(6-11(13)3-5-14(9)16)12-7-18-15(17)19-8-12/h6-8H,2-5H2,1H3. The zero-order chi connectivity index (χ0) is 13.4. The number of rotatable bonds is 1. The molecular formula is C15H14I2N2. The Morgan fingerprint density at radius 3 is 2.47 bits per heavy atom. The Labute approximate surface area is 140 Å². The van der Waals surface area contributed by atoms with E-state index in [1.165, 1.54) is 38.7 Å². The third-order valence-corrected chi connectivity index (χ3v) is 5.75. The van der Waals surface area contributed by atoms with Crippen LogP contribution in [0.15, 0.2) is 38.8 Å². The van der Waals surface area contributed by atoms with Crippen molar-refractivity contribution in [1.29, 1.82) is 0 Å². The van der Waals surface area contributed by atoms with Gasteiger partial charge in [0.2, 0.25) is 0 Å². The van der Waals surface area contributed by atoms with Crippen molar-refractivity contribution in [3.05, 3.63) is 48.2 Å². The van der Waals surface area contributed by atoms with Gasteiger partial charge in [-0.25, -0.2) is 9.97 Å². The number of halogens is 2. The van der Waals surface area contributed by atoms with Gasteiger partial charge in [-0.05, 0) is 81.1 Å². The molecule has 19 heavy (non-hydrogen) atoms. The normalized spacial score (nSPS) is 19.4. The molecule has 0 amide bonds. The van der Waals surface area contributed by atoms with E-state index in [-0.39, 0.29) is 0 Å². The SMILES string of the molecule is CC1=C(I)CCC2=C1CCC(c1cnc(I)nc1)=C2. The van der Waals surface area contributed by atoms with Gasteiger partial charge in [-0.1, -0.05) is 6.08 Å². The molecule has 0 saturated heterocycles. The summed E-state index contributed by atoms with van der Waals surface area (Å²) >= 11 is 4.64. The Hall–Kier alpha value is -0.240. The first-order chi connectivity index (χ1) is 9.15. The second kappa shape index (κ2) is 5.63. The maximum Gasteiger partial charge on any atom is 0.190 e. The lowest BCUT2D eigenvalue weighted by molar-refractivity contribution is 0.864. The topological polar surface area (TPSA) is 25.8 Å². The van der Waals surface area contributed by atoms with Crippen molar-refractivity contribution in [2.45, 2.75) is 32.6 Å². The lowest BCUT2D eigenvalue weighted by Gasteiger charge is -2.25. The quantitative estimate of drug-likeness (QED) is 0.419. The minimum atomic E-state index is 0.809. The van der Waals surface area contributed by atoms with Crippen molar-refractivity contribution in [3.63, 3.8) is 0 Å². The van der Waals surface area contributed by atoms with Gasteiger partial charge in [0, 0.05) is 40.5 Å². The summed E-state index contributed by atoms with van der Waals surface area (Å²) in [5.41, 5.74) is 7.17. The van der Waals surface area contributed by atoms with E-state index in [0.717, 1.165) is 16.7 Å². The van der Waals surface area contributed by atoms with Crippen molar-refractivity contribution in [2.75, 3.05) is 0 Å². The molecule has 0 aromatic carbocycles. The fourth-order valence-corrected chi connectivity index (χ4v) is 3.62. The second-order valence-corrected chi connectivity index (χ2v) is 7.21. The Bertz CT molecular complexity index is 610. The van der Waals surface area contributed by atoms with Crippen molar-refractivity contribution in [1.82, 2.24) is 9.97 Å². The minimum Gasteiger partial charge on any atom is -0.231 e. The summed E-state index contributed by atoms with van der Waals surface area (Å²) in [6, 6.07) is 0. The number of hydrogen-bond acceptors (Lipinski definition) is 2. The van der Waals surface area contributed by atoms with Crippen LogP contribution in [0.4, 0.5) is 0 Å². The van der Waals surface area contributed by atoms with Gasteiger partial charge < -0.3 is 0 Å². The monoisotopic (exact) mass is 476 g/mol. The van der Waals surface area contributed by atoms with Crippen LogP contribution in [-0.4, -0.2) is 9.97 Å². The molecule has 0 unspecified atom stereocenters. The fourth-order valence-electron chi connectivity index (χ4n) is 2.74. The number of allylic oxidation sites excluding steroid dienone is 6. The first-order valence-electron chi connectivity index (χ1n) is 6.41. The van der Waals surface area contributed by atoms with Crippen LogP contribution in [0.2, 0.25) is 0 Å². The average molecular weight is 476 g/mol. The number of nitrogens with zero attached hydrogens (tertiary/aromatic N) is 2. The Morgan fingerprint density at radius 2 is 1.74 bits per heavy atom. The average Bonchev–Trinajstić information content (AvgIpc) is 2.43. The molecule has 0 radical (unpaired) electrons. The van der Waals surface area contributed by atoms with E-state index < -0.39 is 0 Å². The minimum absolute atomic E-state index is 0.809. The van der Waals surface area contributed by atoms with Gasteiger partial charge in [-0.2, -0.15) is 0 Å².